The van der Waals surface area contributed by atoms with Crippen molar-refractivity contribution in [1.82, 2.24) is 21.3 Å². The van der Waals surface area contributed by atoms with Gasteiger partial charge in [0.2, 0.25) is 11.8 Å². The molecule has 0 fully saturated rings. The molecule has 37 heavy (non-hydrogen) atoms. The lowest BCUT2D eigenvalue weighted by Gasteiger charge is -2.24. The highest BCUT2D eigenvalue weighted by Crippen LogP contribution is 2.08. The van der Waals surface area contributed by atoms with Gasteiger partial charge >= 0.3 is 12.1 Å². The number of hydrogen-bond acceptors (Lipinski definition) is 6. The van der Waals surface area contributed by atoms with Crippen molar-refractivity contribution in [1.29, 1.82) is 0 Å². The van der Waals surface area contributed by atoms with E-state index >= 15 is 0 Å². The SMILES string of the molecule is CC(C)(C)OC(=O)N[C@@H](CNCC(=O)NCC(=O)N[C@@H](Cc1ccccc1)C(=O)O)Cc1ccccc1. The first kappa shape index (κ1) is 29.3. The van der Waals surface area contributed by atoms with Gasteiger partial charge in [-0.2, -0.15) is 0 Å². The fourth-order valence-electron chi connectivity index (χ4n) is 3.44. The third kappa shape index (κ3) is 12.6. The van der Waals surface area contributed by atoms with Crippen LogP contribution in [0, 0.1) is 0 Å². The number of hydrogen-bond donors (Lipinski definition) is 5. The summed E-state index contributed by atoms with van der Waals surface area (Å²) in [5.74, 6) is -2.21. The van der Waals surface area contributed by atoms with Crippen molar-refractivity contribution in [3.8, 4) is 0 Å². The van der Waals surface area contributed by atoms with Crippen LogP contribution in [0.2, 0.25) is 0 Å². The first-order valence-electron chi connectivity index (χ1n) is 12.1. The summed E-state index contributed by atoms with van der Waals surface area (Å²) in [6.07, 6.45) is 0.0970. The Bertz CT molecular complexity index is 1020. The maximum absolute atomic E-state index is 12.3. The molecule has 0 saturated heterocycles. The Morgan fingerprint density at radius 1 is 0.811 bits per heavy atom. The number of ether oxygens (including phenoxy) is 1. The van der Waals surface area contributed by atoms with E-state index in [0.717, 1.165) is 11.1 Å². The summed E-state index contributed by atoms with van der Waals surface area (Å²) in [5.41, 5.74) is 1.14. The van der Waals surface area contributed by atoms with Gasteiger partial charge in [0.05, 0.1) is 13.1 Å². The molecule has 0 aromatic heterocycles. The molecule has 0 spiro atoms. The maximum atomic E-state index is 12.3. The van der Waals surface area contributed by atoms with Crippen molar-refractivity contribution in [3.05, 3.63) is 71.8 Å². The number of carbonyl (C=O) groups excluding carboxylic acids is 3. The highest BCUT2D eigenvalue weighted by Gasteiger charge is 2.22. The number of carboxylic acid groups (broad SMARTS) is 1. The normalized spacial score (nSPS) is 12.6. The molecule has 10 heteroatoms. The van der Waals surface area contributed by atoms with E-state index in [-0.39, 0.29) is 32.1 Å². The molecule has 0 bridgehead atoms. The summed E-state index contributed by atoms with van der Waals surface area (Å²) in [5, 5.41) is 20.1. The minimum Gasteiger partial charge on any atom is -0.480 e. The van der Waals surface area contributed by atoms with E-state index in [4.69, 9.17) is 4.74 Å². The fourth-order valence-corrected chi connectivity index (χ4v) is 3.44. The first-order valence-corrected chi connectivity index (χ1v) is 12.1. The highest BCUT2D eigenvalue weighted by atomic mass is 16.6. The molecule has 0 unspecified atom stereocenters. The quantitative estimate of drug-likeness (QED) is 0.274. The van der Waals surface area contributed by atoms with Crippen LogP contribution in [0.1, 0.15) is 31.9 Å². The largest absolute Gasteiger partial charge is 0.480 e. The molecule has 200 valence electrons. The average Bonchev–Trinajstić information content (AvgIpc) is 2.82. The minimum atomic E-state index is -1.16. The van der Waals surface area contributed by atoms with Gasteiger partial charge in [-0.05, 0) is 38.3 Å². The van der Waals surface area contributed by atoms with Crippen LogP contribution in [0.25, 0.3) is 0 Å². The Hall–Kier alpha value is -3.92. The van der Waals surface area contributed by atoms with Crippen LogP contribution in [-0.2, 0) is 32.0 Å². The predicted octanol–water partition coefficient (Wildman–Crippen LogP) is 1.64. The van der Waals surface area contributed by atoms with Crippen molar-refractivity contribution in [2.45, 2.75) is 51.3 Å². The Morgan fingerprint density at radius 2 is 1.38 bits per heavy atom. The molecule has 0 heterocycles. The molecule has 10 nitrogen and oxygen atoms in total. The van der Waals surface area contributed by atoms with E-state index in [1.165, 1.54) is 0 Å². The fraction of sp³-hybridized carbons (Fsp3) is 0.407. The molecule has 0 aliphatic carbocycles. The second-order valence-electron chi connectivity index (χ2n) is 9.59. The van der Waals surface area contributed by atoms with E-state index in [1.54, 1.807) is 45.0 Å². The van der Waals surface area contributed by atoms with E-state index in [9.17, 15) is 24.3 Å². The summed E-state index contributed by atoms with van der Waals surface area (Å²) in [4.78, 5) is 48.2. The summed E-state index contributed by atoms with van der Waals surface area (Å²) in [6, 6.07) is 17.1. The lowest BCUT2D eigenvalue weighted by Crippen LogP contribution is -2.49. The van der Waals surface area contributed by atoms with E-state index < -0.39 is 35.5 Å². The lowest BCUT2D eigenvalue weighted by atomic mass is 10.1. The van der Waals surface area contributed by atoms with E-state index in [1.807, 2.05) is 36.4 Å². The zero-order chi connectivity index (χ0) is 27.3. The van der Waals surface area contributed by atoms with Gasteiger partial charge in [0.15, 0.2) is 0 Å². The number of aliphatic carboxylic acids is 1. The summed E-state index contributed by atoms with van der Waals surface area (Å²) >= 11 is 0. The Kier molecular flexibility index (Phi) is 11.6. The minimum absolute atomic E-state index is 0.0963. The van der Waals surface area contributed by atoms with Gasteiger partial charge in [0, 0.05) is 19.0 Å². The van der Waals surface area contributed by atoms with Crippen LogP contribution in [0.5, 0.6) is 0 Å². The molecule has 5 N–H and O–H groups in total. The monoisotopic (exact) mass is 512 g/mol. The number of carboxylic acids is 1. The molecule has 0 saturated carbocycles. The van der Waals surface area contributed by atoms with Crippen molar-refractivity contribution < 1.29 is 29.0 Å². The Labute approximate surface area is 217 Å². The van der Waals surface area contributed by atoms with Crippen molar-refractivity contribution in [2.75, 3.05) is 19.6 Å². The van der Waals surface area contributed by atoms with Crippen LogP contribution in [0.4, 0.5) is 4.79 Å². The number of nitrogens with one attached hydrogen (secondary N) is 4. The van der Waals surface area contributed by atoms with Crippen LogP contribution in [-0.4, -0.2) is 66.3 Å². The van der Waals surface area contributed by atoms with Gasteiger partial charge in [-0.1, -0.05) is 60.7 Å². The third-order valence-electron chi connectivity index (χ3n) is 5.08. The van der Waals surface area contributed by atoms with E-state index in [0.29, 0.717) is 6.42 Å². The van der Waals surface area contributed by atoms with E-state index in [2.05, 4.69) is 21.3 Å². The molecule has 3 amide bonds. The van der Waals surface area contributed by atoms with Gasteiger partial charge in [-0.25, -0.2) is 9.59 Å². The zero-order valence-electron chi connectivity index (χ0n) is 21.5. The second kappa shape index (κ2) is 14.6. The van der Waals surface area contributed by atoms with Crippen LogP contribution >= 0.6 is 0 Å². The molecule has 2 aromatic rings. The molecule has 0 radical (unpaired) electrons. The lowest BCUT2D eigenvalue weighted by molar-refractivity contribution is -0.141. The number of amides is 3. The number of carbonyl (C=O) groups is 4. The zero-order valence-corrected chi connectivity index (χ0v) is 21.5. The Balaban J connectivity index is 1.80. The predicted molar refractivity (Wildman–Crippen MR) is 139 cm³/mol. The van der Waals surface area contributed by atoms with Crippen LogP contribution in [0.15, 0.2) is 60.7 Å². The topological polar surface area (TPSA) is 146 Å². The molecular weight excluding hydrogens is 476 g/mol. The Morgan fingerprint density at radius 3 is 1.92 bits per heavy atom. The molecular formula is C27H36N4O6. The summed E-state index contributed by atoms with van der Waals surface area (Å²) in [6.45, 7) is 5.16. The van der Waals surface area contributed by atoms with Crippen LogP contribution < -0.4 is 21.3 Å². The highest BCUT2D eigenvalue weighted by molar-refractivity contribution is 5.88. The molecule has 0 aliphatic rings. The number of alkyl carbamates (subject to hydrolysis) is 1. The van der Waals surface area contributed by atoms with Crippen molar-refractivity contribution in [2.24, 2.45) is 0 Å². The molecule has 0 aliphatic heterocycles. The summed E-state index contributed by atoms with van der Waals surface area (Å²) < 4.78 is 5.34. The molecule has 2 rings (SSSR count). The average molecular weight is 513 g/mol. The first-order chi connectivity index (χ1) is 17.5. The van der Waals surface area contributed by atoms with Gasteiger partial charge in [-0.15, -0.1) is 0 Å². The van der Waals surface area contributed by atoms with Gasteiger partial charge in [0.1, 0.15) is 11.6 Å². The van der Waals surface area contributed by atoms with Crippen molar-refractivity contribution >= 4 is 23.9 Å². The smallest absolute Gasteiger partial charge is 0.407 e. The molecule has 2 aromatic carbocycles. The van der Waals surface area contributed by atoms with Gasteiger partial charge < -0.3 is 31.1 Å². The van der Waals surface area contributed by atoms with Crippen molar-refractivity contribution in [3.63, 3.8) is 0 Å². The van der Waals surface area contributed by atoms with Gasteiger partial charge in [0.25, 0.3) is 0 Å². The second-order valence-corrected chi connectivity index (χ2v) is 9.59. The standard InChI is InChI=1S/C27H36N4O6/c1-27(2,3)37-26(36)30-21(14-19-10-6-4-7-11-19)16-28-17-23(32)29-18-24(33)31-22(25(34)35)15-20-12-8-5-9-13-20/h4-13,21-22,28H,14-18H2,1-3H3,(H,29,32)(H,30,36)(H,31,33)(H,34,35)/t21-,22+/m1/s1. The number of benzene rings is 2. The maximum Gasteiger partial charge on any atom is 0.407 e. The number of rotatable bonds is 13. The third-order valence-corrected chi connectivity index (χ3v) is 5.08. The van der Waals surface area contributed by atoms with Gasteiger partial charge in [-0.3, -0.25) is 9.59 Å². The van der Waals surface area contributed by atoms with Crippen LogP contribution in [0.3, 0.4) is 0 Å². The molecule has 2 atom stereocenters. The summed E-state index contributed by atoms with van der Waals surface area (Å²) in [7, 11) is 0.